The van der Waals surface area contributed by atoms with Crippen LogP contribution in [0.15, 0.2) is 17.5 Å². The molecule has 2 aliphatic heterocycles. The van der Waals surface area contributed by atoms with Gasteiger partial charge in [-0.3, -0.25) is 0 Å². The van der Waals surface area contributed by atoms with Gasteiger partial charge < -0.3 is 14.4 Å². The van der Waals surface area contributed by atoms with E-state index in [2.05, 4.69) is 0 Å². The predicted molar refractivity (Wildman–Crippen MR) is 82.7 cm³/mol. The largest absolute Gasteiger partial charge is 0.444 e. The Labute approximate surface area is 133 Å². The molecule has 6 nitrogen and oxygen atoms in total. The lowest BCUT2D eigenvalue weighted by Gasteiger charge is -2.21. The number of thiophene rings is 1. The van der Waals surface area contributed by atoms with E-state index in [0.29, 0.717) is 32.6 Å². The van der Waals surface area contributed by atoms with Crippen LogP contribution >= 0.6 is 11.3 Å². The van der Waals surface area contributed by atoms with Crippen molar-refractivity contribution in [3.8, 4) is 0 Å². The predicted octanol–water partition coefficient (Wildman–Crippen LogP) is 1.84. The summed E-state index contributed by atoms with van der Waals surface area (Å²) in [6.07, 6.45) is 0.479. The van der Waals surface area contributed by atoms with Gasteiger partial charge in [0, 0.05) is 24.4 Å². The third-order valence-corrected chi connectivity index (χ3v) is 7.26. The zero-order valence-electron chi connectivity index (χ0n) is 12.1. The quantitative estimate of drug-likeness (QED) is 0.818. The first kappa shape index (κ1) is 15.8. The molecular formula is C14H19NO5S2. The number of carbonyl (C=O) groups is 1. The Balaban J connectivity index is 1.66. The molecule has 8 heteroatoms. The summed E-state index contributed by atoms with van der Waals surface area (Å²) in [7, 11) is -3.24. The molecule has 1 aromatic rings. The summed E-state index contributed by atoms with van der Waals surface area (Å²) in [6.45, 7) is 1.62. The monoisotopic (exact) mass is 345 g/mol. The van der Waals surface area contributed by atoms with Crippen molar-refractivity contribution in [2.75, 3.05) is 32.1 Å². The number of sulfone groups is 1. The van der Waals surface area contributed by atoms with Gasteiger partial charge in [0.2, 0.25) is 0 Å². The molecule has 0 aromatic carbocycles. The molecule has 0 radical (unpaired) electrons. The molecular weight excluding hydrogens is 326 g/mol. The van der Waals surface area contributed by atoms with Crippen LogP contribution < -0.4 is 0 Å². The molecule has 0 saturated carbocycles. The lowest BCUT2D eigenvalue weighted by atomic mass is 10.2. The van der Waals surface area contributed by atoms with Gasteiger partial charge in [-0.2, -0.15) is 0 Å². The maximum Gasteiger partial charge on any atom is 0.410 e. The van der Waals surface area contributed by atoms with Crippen LogP contribution in [0.3, 0.4) is 0 Å². The molecule has 1 aromatic heterocycles. The highest BCUT2D eigenvalue weighted by molar-refractivity contribution is 7.91. The van der Waals surface area contributed by atoms with Crippen LogP contribution in [0.1, 0.15) is 23.0 Å². The summed E-state index contributed by atoms with van der Waals surface area (Å²) in [4.78, 5) is 14.5. The minimum Gasteiger partial charge on any atom is -0.444 e. The van der Waals surface area contributed by atoms with Gasteiger partial charge in [-0.15, -0.1) is 11.3 Å². The molecule has 2 saturated heterocycles. The Hall–Kier alpha value is -1.12. The topological polar surface area (TPSA) is 72.9 Å². The van der Waals surface area contributed by atoms with Gasteiger partial charge >= 0.3 is 6.09 Å². The first-order valence-electron chi connectivity index (χ1n) is 7.34. The van der Waals surface area contributed by atoms with E-state index in [1.54, 1.807) is 0 Å². The van der Waals surface area contributed by atoms with Crippen LogP contribution in [0.4, 0.5) is 4.79 Å². The van der Waals surface area contributed by atoms with Gasteiger partial charge in [-0.1, -0.05) is 6.07 Å². The maximum absolute atomic E-state index is 12.4. The molecule has 0 N–H and O–H groups in total. The van der Waals surface area contributed by atoms with Crippen LogP contribution in [-0.2, 0) is 19.3 Å². The zero-order chi connectivity index (χ0) is 15.6. The Morgan fingerprint density at radius 2 is 2.23 bits per heavy atom. The Morgan fingerprint density at radius 1 is 1.36 bits per heavy atom. The van der Waals surface area contributed by atoms with E-state index in [-0.39, 0.29) is 18.4 Å². The van der Waals surface area contributed by atoms with Crippen molar-refractivity contribution in [1.29, 1.82) is 0 Å². The molecule has 3 heterocycles. The second kappa shape index (κ2) is 6.55. The van der Waals surface area contributed by atoms with Crippen LogP contribution in [0, 0.1) is 0 Å². The average Bonchev–Trinajstić information content (AvgIpc) is 3.13. The highest BCUT2D eigenvalue weighted by Crippen LogP contribution is 2.32. The molecule has 2 atom stereocenters. The lowest BCUT2D eigenvalue weighted by Crippen LogP contribution is -2.36. The number of carbonyl (C=O) groups excluding carboxylic acids is 1. The van der Waals surface area contributed by atoms with E-state index >= 15 is 0 Å². The summed E-state index contributed by atoms with van der Waals surface area (Å²) in [5.74, 6) is -0.0220. The third-order valence-electron chi connectivity index (χ3n) is 4.01. The minimum atomic E-state index is -3.24. The molecule has 0 aliphatic carbocycles. The second-order valence-electron chi connectivity index (χ2n) is 5.52. The van der Waals surface area contributed by atoms with Gasteiger partial charge in [0.1, 0.15) is 6.10 Å². The molecule has 0 unspecified atom stereocenters. The standard InChI is InChI=1S/C14H19NO5S2/c16-14(20-11-4-7-19-10-11)15-5-3-13(12-2-1-8-21-12)22(17,18)9-6-15/h1-2,8,11,13H,3-7,9-10H2/t11-,13-/m0/s1. The minimum absolute atomic E-state index is 0.0220. The van der Waals surface area contributed by atoms with E-state index in [1.165, 1.54) is 16.2 Å². The molecule has 0 spiro atoms. The van der Waals surface area contributed by atoms with Crippen molar-refractivity contribution in [3.05, 3.63) is 22.4 Å². The average molecular weight is 345 g/mol. The van der Waals surface area contributed by atoms with E-state index in [4.69, 9.17) is 9.47 Å². The van der Waals surface area contributed by atoms with Crippen molar-refractivity contribution in [1.82, 2.24) is 4.90 Å². The summed E-state index contributed by atoms with van der Waals surface area (Å²) < 4.78 is 35.4. The summed E-state index contributed by atoms with van der Waals surface area (Å²) in [5.41, 5.74) is 0. The smallest absolute Gasteiger partial charge is 0.410 e. The van der Waals surface area contributed by atoms with E-state index in [0.717, 1.165) is 4.88 Å². The summed E-state index contributed by atoms with van der Waals surface area (Å²) in [5, 5.41) is 1.36. The fourth-order valence-corrected chi connectivity index (χ4v) is 5.75. The van der Waals surface area contributed by atoms with E-state index in [1.807, 2.05) is 17.5 Å². The van der Waals surface area contributed by atoms with Crippen LogP contribution in [0.5, 0.6) is 0 Å². The van der Waals surface area contributed by atoms with E-state index < -0.39 is 21.2 Å². The number of hydrogen-bond acceptors (Lipinski definition) is 6. The Bertz CT molecular complexity index is 607. The molecule has 2 fully saturated rings. The summed E-state index contributed by atoms with van der Waals surface area (Å²) >= 11 is 1.45. The third kappa shape index (κ3) is 3.44. The van der Waals surface area contributed by atoms with Crippen LogP contribution in [0.25, 0.3) is 0 Å². The van der Waals surface area contributed by atoms with Crippen molar-refractivity contribution in [3.63, 3.8) is 0 Å². The number of rotatable bonds is 2. The molecule has 2 aliphatic rings. The lowest BCUT2D eigenvalue weighted by molar-refractivity contribution is 0.0560. The first-order valence-corrected chi connectivity index (χ1v) is 9.94. The number of ether oxygens (including phenoxy) is 2. The molecule has 1 amide bonds. The Kier molecular flexibility index (Phi) is 4.70. The van der Waals surface area contributed by atoms with Crippen molar-refractivity contribution in [2.45, 2.75) is 24.2 Å². The molecule has 22 heavy (non-hydrogen) atoms. The molecule has 122 valence electrons. The SMILES string of the molecule is O=C(O[C@H]1CCOC1)N1CC[C@@H](c2cccs2)S(=O)(=O)CC1. The first-order chi connectivity index (χ1) is 10.6. The van der Waals surface area contributed by atoms with Crippen LogP contribution in [0.2, 0.25) is 0 Å². The van der Waals surface area contributed by atoms with Crippen molar-refractivity contribution >= 4 is 27.3 Å². The fraction of sp³-hybridized carbons (Fsp3) is 0.643. The van der Waals surface area contributed by atoms with E-state index in [9.17, 15) is 13.2 Å². The van der Waals surface area contributed by atoms with Crippen molar-refractivity contribution in [2.24, 2.45) is 0 Å². The fourth-order valence-electron chi connectivity index (χ4n) is 2.74. The Morgan fingerprint density at radius 3 is 2.91 bits per heavy atom. The normalized spacial score (nSPS) is 28.3. The second-order valence-corrected chi connectivity index (χ2v) is 8.80. The highest BCUT2D eigenvalue weighted by atomic mass is 32.2. The highest BCUT2D eigenvalue weighted by Gasteiger charge is 2.34. The van der Waals surface area contributed by atoms with Gasteiger partial charge in [0.05, 0.1) is 24.2 Å². The molecule has 3 rings (SSSR count). The number of nitrogens with zero attached hydrogens (tertiary/aromatic N) is 1. The number of hydrogen-bond donors (Lipinski definition) is 0. The molecule has 0 bridgehead atoms. The van der Waals surface area contributed by atoms with Gasteiger partial charge in [-0.05, 0) is 17.9 Å². The van der Waals surface area contributed by atoms with Crippen LogP contribution in [-0.4, -0.2) is 57.6 Å². The summed E-state index contributed by atoms with van der Waals surface area (Å²) in [6, 6.07) is 3.70. The zero-order valence-corrected chi connectivity index (χ0v) is 13.8. The van der Waals surface area contributed by atoms with Crippen molar-refractivity contribution < 1.29 is 22.7 Å². The maximum atomic E-state index is 12.4. The number of amides is 1. The van der Waals surface area contributed by atoms with Gasteiger partial charge in [-0.25, -0.2) is 13.2 Å². The van der Waals surface area contributed by atoms with Gasteiger partial charge in [0.25, 0.3) is 0 Å². The van der Waals surface area contributed by atoms with Gasteiger partial charge in [0.15, 0.2) is 9.84 Å².